The molecular weight excluding hydrogens is 268 g/mol. The van der Waals surface area contributed by atoms with Crippen LogP contribution in [0.25, 0.3) is 0 Å². The van der Waals surface area contributed by atoms with Crippen LogP contribution in [0.2, 0.25) is 0 Å². The van der Waals surface area contributed by atoms with Crippen LogP contribution in [-0.2, 0) is 5.41 Å². The van der Waals surface area contributed by atoms with E-state index in [1.54, 1.807) is 0 Å². The standard InChI is InChI=1S/C14H26N6O/c1-14(2,3)13-17-11(18-19-13)12(21)16-5-4-8-20-9-6-15-7-10-20/h15H,4-10H2,1-3H3,(H,16,21)(H,17,18,19). The number of carbonyl (C=O) groups excluding carboxylic acids is 1. The third-order valence-corrected chi connectivity index (χ3v) is 3.55. The molecule has 1 aromatic rings. The van der Waals surface area contributed by atoms with E-state index in [0.29, 0.717) is 6.54 Å². The number of nitrogens with one attached hydrogen (secondary N) is 3. The smallest absolute Gasteiger partial charge is 0.290 e. The van der Waals surface area contributed by atoms with Gasteiger partial charge in [0.2, 0.25) is 5.82 Å². The number of amides is 1. The van der Waals surface area contributed by atoms with Crippen molar-refractivity contribution < 1.29 is 4.79 Å². The van der Waals surface area contributed by atoms with Crippen molar-refractivity contribution in [2.45, 2.75) is 32.6 Å². The summed E-state index contributed by atoms with van der Waals surface area (Å²) in [6.45, 7) is 12.0. The molecule has 118 valence electrons. The number of aromatic nitrogens is 3. The molecule has 1 aromatic heterocycles. The lowest BCUT2D eigenvalue weighted by Gasteiger charge is -2.26. The van der Waals surface area contributed by atoms with Crippen LogP contribution in [0.1, 0.15) is 43.6 Å². The largest absolute Gasteiger partial charge is 0.349 e. The molecule has 1 aliphatic heterocycles. The van der Waals surface area contributed by atoms with E-state index >= 15 is 0 Å². The highest BCUT2D eigenvalue weighted by molar-refractivity contribution is 5.90. The molecule has 1 amide bonds. The number of H-pyrrole nitrogens is 1. The minimum Gasteiger partial charge on any atom is -0.349 e. The number of rotatable bonds is 5. The number of carbonyl (C=O) groups is 1. The van der Waals surface area contributed by atoms with Crippen molar-refractivity contribution in [1.29, 1.82) is 0 Å². The molecule has 0 saturated carbocycles. The average Bonchev–Trinajstić information content (AvgIpc) is 2.94. The van der Waals surface area contributed by atoms with E-state index in [9.17, 15) is 4.79 Å². The normalized spacial score (nSPS) is 16.9. The van der Waals surface area contributed by atoms with Gasteiger partial charge in [-0.3, -0.25) is 9.89 Å². The number of hydrogen-bond acceptors (Lipinski definition) is 5. The maximum atomic E-state index is 12.0. The van der Waals surface area contributed by atoms with Gasteiger partial charge in [-0.15, -0.1) is 5.10 Å². The second-order valence-corrected chi connectivity index (χ2v) is 6.46. The van der Waals surface area contributed by atoms with Crippen LogP contribution >= 0.6 is 0 Å². The predicted octanol–water partition coefficient (Wildman–Crippen LogP) is 0.127. The Morgan fingerprint density at radius 3 is 2.67 bits per heavy atom. The van der Waals surface area contributed by atoms with E-state index in [4.69, 9.17) is 0 Å². The molecule has 0 atom stereocenters. The van der Waals surface area contributed by atoms with Crippen molar-refractivity contribution in [3.8, 4) is 0 Å². The molecule has 0 aromatic carbocycles. The maximum absolute atomic E-state index is 12.0. The van der Waals surface area contributed by atoms with Crippen LogP contribution in [0.5, 0.6) is 0 Å². The fourth-order valence-electron chi connectivity index (χ4n) is 2.22. The quantitative estimate of drug-likeness (QED) is 0.672. The van der Waals surface area contributed by atoms with Crippen molar-refractivity contribution in [3.05, 3.63) is 11.6 Å². The molecule has 0 spiro atoms. The summed E-state index contributed by atoms with van der Waals surface area (Å²) in [5, 5.41) is 13.0. The van der Waals surface area contributed by atoms with Gasteiger partial charge in [0.1, 0.15) is 5.82 Å². The zero-order valence-electron chi connectivity index (χ0n) is 13.2. The molecule has 0 aliphatic carbocycles. The Balaban J connectivity index is 1.70. The lowest BCUT2D eigenvalue weighted by molar-refractivity contribution is 0.0941. The lowest BCUT2D eigenvalue weighted by atomic mass is 9.96. The summed E-state index contributed by atoms with van der Waals surface area (Å²) in [6, 6.07) is 0. The van der Waals surface area contributed by atoms with E-state index in [0.717, 1.165) is 45.0 Å². The highest BCUT2D eigenvalue weighted by Gasteiger charge is 2.21. The molecular formula is C14H26N6O. The predicted molar refractivity (Wildman–Crippen MR) is 81.3 cm³/mol. The summed E-state index contributed by atoms with van der Waals surface area (Å²) < 4.78 is 0. The summed E-state index contributed by atoms with van der Waals surface area (Å²) in [4.78, 5) is 18.6. The first-order valence-corrected chi connectivity index (χ1v) is 7.61. The van der Waals surface area contributed by atoms with Gasteiger partial charge in [0.15, 0.2) is 0 Å². The molecule has 2 heterocycles. The van der Waals surface area contributed by atoms with Crippen molar-refractivity contribution in [2.75, 3.05) is 39.3 Å². The zero-order valence-corrected chi connectivity index (χ0v) is 13.2. The first kappa shape index (κ1) is 15.9. The van der Waals surface area contributed by atoms with E-state index in [1.165, 1.54) is 0 Å². The number of nitrogens with zero attached hydrogens (tertiary/aromatic N) is 3. The molecule has 21 heavy (non-hydrogen) atoms. The minimum atomic E-state index is -0.206. The van der Waals surface area contributed by atoms with Crippen molar-refractivity contribution >= 4 is 5.91 Å². The fourth-order valence-corrected chi connectivity index (χ4v) is 2.22. The van der Waals surface area contributed by atoms with Crippen LogP contribution < -0.4 is 10.6 Å². The van der Waals surface area contributed by atoms with E-state index in [2.05, 4.69) is 30.7 Å². The molecule has 3 N–H and O–H groups in total. The van der Waals surface area contributed by atoms with Crippen LogP contribution in [0.15, 0.2) is 0 Å². The summed E-state index contributed by atoms with van der Waals surface area (Å²) >= 11 is 0. The van der Waals surface area contributed by atoms with Crippen molar-refractivity contribution in [2.24, 2.45) is 0 Å². The van der Waals surface area contributed by atoms with Gasteiger partial charge in [-0.1, -0.05) is 20.8 Å². The Kier molecular flexibility index (Phi) is 5.30. The average molecular weight is 294 g/mol. The molecule has 2 rings (SSSR count). The maximum Gasteiger partial charge on any atom is 0.290 e. The van der Waals surface area contributed by atoms with Gasteiger partial charge in [0, 0.05) is 38.1 Å². The van der Waals surface area contributed by atoms with Crippen LogP contribution in [0.4, 0.5) is 0 Å². The molecule has 7 heteroatoms. The van der Waals surface area contributed by atoms with Gasteiger partial charge < -0.3 is 15.5 Å². The van der Waals surface area contributed by atoms with Crippen LogP contribution in [-0.4, -0.2) is 65.3 Å². The topological polar surface area (TPSA) is 85.9 Å². The SMILES string of the molecule is CC(C)(C)c1nc(C(=O)NCCCN2CCNCC2)n[nH]1. The highest BCUT2D eigenvalue weighted by Crippen LogP contribution is 2.17. The zero-order chi connectivity index (χ0) is 15.3. The third kappa shape index (κ3) is 4.78. The molecule has 0 radical (unpaired) electrons. The molecule has 1 saturated heterocycles. The molecule has 1 fully saturated rings. The number of piperazine rings is 1. The number of hydrogen-bond donors (Lipinski definition) is 3. The minimum absolute atomic E-state index is 0.131. The third-order valence-electron chi connectivity index (χ3n) is 3.55. The van der Waals surface area contributed by atoms with Gasteiger partial charge in [0.05, 0.1) is 0 Å². The van der Waals surface area contributed by atoms with Crippen molar-refractivity contribution in [1.82, 2.24) is 30.7 Å². The first-order valence-electron chi connectivity index (χ1n) is 7.61. The Morgan fingerprint density at radius 2 is 2.05 bits per heavy atom. The lowest BCUT2D eigenvalue weighted by Crippen LogP contribution is -2.44. The van der Waals surface area contributed by atoms with Crippen molar-refractivity contribution in [3.63, 3.8) is 0 Å². The molecule has 1 aliphatic rings. The Hall–Kier alpha value is -1.47. The van der Waals surface area contributed by atoms with Crippen LogP contribution in [0, 0.1) is 0 Å². The van der Waals surface area contributed by atoms with Gasteiger partial charge >= 0.3 is 0 Å². The Bertz CT molecular complexity index is 458. The first-order chi connectivity index (χ1) is 9.97. The second kappa shape index (κ2) is 7.00. The molecule has 0 bridgehead atoms. The second-order valence-electron chi connectivity index (χ2n) is 6.46. The summed E-state index contributed by atoms with van der Waals surface area (Å²) in [6.07, 6.45) is 0.947. The fraction of sp³-hybridized carbons (Fsp3) is 0.786. The number of aromatic amines is 1. The monoisotopic (exact) mass is 294 g/mol. The van der Waals surface area contributed by atoms with E-state index < -0.39 is 0 Å². The van der Waals surface area contributed by atoms with E-state index in [-0.39, 0.29) is 17.1 Å². The van der Waals surface area contributed by atoms with E-state index in [1.807, 2.05) is 20.8 Å². The van der Waals surface area contributed by atoms with Gasteiger partial charge in [-0.25, -0.2) is 4.98 Å². The highest BCUT2D eigenvalue weighted by atomic mass is 16.2. The van der Waals surface area contributed by atoms with Gasteiger partial charge in [-0.05, 0) is 13.0 Å². The van der Waals surface area contributed by atoms with Crippen LogP contribution in [0.3, 0.4) is 0 Å². The molecule has 7 nitrogen and oxygen atoms in total. The summed E-state index contributed by atoms with van der Waals surface area (Å²) in [5.41, 5.74) is -0.131. The Labute approximate surface area is 125 Å². The summed E-state index contributed by atoms with van der Waals surface area (Å²) in [7, 11) is 0. The van der Waals surface area contributed by atoms with Gasteiger partial charge in [0.25, 0.3) is 5.91 Å². The summed E-state index contributed by atoms with van der Waals surface area (Å²) in [5.74, 6) is 0.748. The Morgan fingerprint density at radius 1 is 1.33 bits per heavy atom. The molecule has 0 unspecified atom stereocenters. The van der Waals surface area contributed by atoms with Gasteiger partial charge in [-0.2, -0.15) is 0 Å².